The molecule has 1 aliphatic rings. The molecule has 1 aliphatic carbocycles. The maximum atomic E-state index is 12.7. The molecular formula is C13H16FNO. The summed E-state index contributed by atoms with van der Waals surface area (Å²) in [7, 11) is 0. The third-order valence-electron chi connectivity index (χ3n) is 3.30. The van der Waals surface area contributed by atoms with Crippen LogP contribution in [0.2, 0.25) is 0 Å². The molecule has 86 valence electrons. The largest absolute Gasteiger partial charge is 0.319 e. The summed E-state index contributed by atoms with van der Waals surface area (Å²) in [5.74, 6) is -0.376. The van der Waals surface area contributed by atoms with Gasteiger partial charge in [-0.05, 0) is 37.1 Å². The zero-order chi connectivity index (χ0) is 11.6. The normalized spacial score (nSPS) is 19.4. The van der Waals surface area contributed by atoms with Gasteiger partial charge in [0.15, 0.2) is 5.78 Å². The average molecular weight is 221 g/mol. The first-order valence-electron chi connectivity index (χ1n) is 5.71. The van der Waals surface area contributed by atoms with Gasteiger partial charge < -0.3 is 5.73 Å². The Bertz CT molecular complexity index is 379. The van der Waals surface area contributed by atoms with Gasteiger partial charge in [-0.15, -0.1) is 0 Å². The van der Waals surface area contributed by atoms with E-state index in [0.717, 1.165) is 32.1 Å². The molecule has 0 aliphatic heterocycles. The molecule has 0 spiro atoms. The number of hydrogen-bond donors (Lipinski definition) is 1. The lowest BCUT2D eigenvalue weighted by atomic mass is 9.77. The third kappa shape index (κ3) is 2.14. The standard InChI is InChI=1S/C13H16FNO/c14-11-6-4-10(5-7-11)12(16)13(15)8-2-1-3-9-13/h4-7H,1-3,8-9,15H2. The molecule has 0 radical (unpaired) electrons. The molecule has 2 rings (SSSR count). The number of carbonyl (C=O) groups is 1. The SMILES string of the molecule is NC1(C(=O)c2ccc(F)cc2)CCCCC1. The zero-order valence-electron chi connectivity index (χ0n) is 9.21. The second kappa shape index (κ2) is 4.34. The molecule has 3 heteroatoms. The van der Waals surface area contributed by atoms with Gasteiger partial charge in [0.1, 0.15) is 5.82 Å². The third-order valence-corrected chi connectivity index (χ3v) is 3.30. The van der Waals surface area contributed by atoms with Gasteiger partial charge in [-0.1, -0.05) is 19.3 Å². The van der Waals surface area contributed by atoms with Crippen LogP contribution >= 0.6 is 0 Å². The molecule has 0 atom stereocenters. The molecule has 0 heterocycles. The van der Waals surface area contributed by atoms with Gasteiger partial charge >= 0.3 is 0 Å². The molecule has 0 unspecified atom stereocenters. The Balaban J connectivity index is 2.20. The topological polar surface area (TPSA) is 43.1 Å². The highest BCUT2D eigenvalue weighted by molar-refractivity contribution is 6.03. The van der Waals surface area contributed by atoms with Gasteiger partial charge in [0.2, 0.25) is 0 Å². The summed E-state index contributed by atoms with van der Waals surface area (Å²) in [6.45, 7) is 0. The van der Waals surface area contributed by atoms with Crippen molar-refractivity contribution in [2.75, 3.05) is 0 Å². The first kappa shape index (κ1) is 11.3. The van der Waals surface area contributed by atoms with Crippen LogP contribution in [0.1, 0.15) is 42.5 Å². The van der Waals surface area contributed by atoms with Gasteiger partial charge in [0.05, 0.1) is 5.54 Å². The van der Waals surface area contributed by atoms with Crippen LogP contribution < -0.4 is 5.73 Å². The van der Waals surface area contributed by atoms with Crippen molar-refractivity contribution in [1.29, 1.82) is 0 Å². The highest BCUT2D eigenvalue weighted by Crippen LogP contribution is 2.29. The first-order valence-corrected chi connectivity index (χ1v) is 5.71. The van der Waals surface area contributed by atoms with Crippen molar-refractivity contribution in [1.82, 2.24) is 0 Å². The molecule has 0 bridgehead atoms. The van der Waals surface area contributed by atoms with Crippen molar-refractivity contribution in [3.8, 4) is 0 Å². The quantitative estimate of drug-likeness (QED) is 0.780. The van der Waals surface area contributed by atoms with Crippen LogP contribution in [0.3, 0.4) is 0 Å². The minimum atomic E-state index is -0.726. The maximum absolute atomic E-state index is 12.7. The number of nitrogens with two attached hydrogens (primary N) is 1. The van der Waals surface area contributed by atoms with Crippen LogP contribution in [-0.2, 0) is 0 Å². The Morgan fingerprint density at radius 1 is 1.12 bits per heavy atom. The van der Waals surface area contributed by atoms with Crippen molar-refractivity contribution in [3.63, 3.8) is 0 Å². The number of Topliss-reactive ketones (excluding diaryl/α,β-unsaturated/α-hetero) is 1. The van der Waals surface area contributed by atoms with E-state index in [4.69, 9.17) is 5.73 Å². The van der Waals surface area contributed by atoms with Crippen LogP contribution in [0.5, 0.6) is 0 Å². The summed E-state index contributed by atoms with van der Waals surface area (Å²) in [5, 5.41) is 0. The summed E-state index contributed by atoms with van der Waals surface area (Å²) in [6, 6.07) is 5.64. The molecule has 0 saturated heterocycles. The van der Waals surface area contributed by atoms with E-state index in [1.54, 1.807) is 0 Å². The molecule has 2 N–H and O–H groups in total. The monoisotopic (exact) mass is 221 g/mol. The fourth-order valence-corrected chi connectivity index (χ4v) is 2.30. The van der Waals surface area contributed by atoms with E-state index in [2.05, 4.69) is 0 Å². The van der Waals surface area contributed by atoms with Crippen LogP contribution in [-0.4, -0.2) is 11.3 Å². The summed E-state index contributed by atoms with van der Waals surface area (Å²) in [5.41, 5.74) is 5.92. The Morgan fingerprint density at radius 2 is 1.69 bits per heavy atom. The molecule has 1 aromatic rings. The van der Waals surface area contributed by atoms with Crippen LogP contribution in [0.4, 0.5) is 4.39 Å². The van der Waals surface area contributed by atoms with Gasteiger partial charge in [-0.25, -0.2) is 4.39 Å². The highest BCUT2D eigenvalue weighted by atomic mass is 19.1. The van der Waals surface area contributed by atoms with Crippen LogP contribution in [0.25, 0.3) is 0 Å². The van der Waals surface area contributed by atoms with E-state index in [1.165, 1.54) is 24.3 Å². The molecular weight excluding hydrogens is 205 g/mol. The molecule has 0 aromatic heterocycles. The second-order valence-electron chi connectivity index (χ2n) is 4.55. The Morgan fingerprint density at radius 3 is 2.25 bits per heavy atom. The molecule has 1 saturated carbocycles. The number of benzene rings is 1. The van der Waals surface area contributed by atoms with Crippen molar-refractivity contribution < 1.29 is 9.18 Å². The lowest BCUT2D eigenvalue weighted by Crippen LogP contribution is -2.49. The molecule has 1 aromatic carbocycles. The number of rotatable bonds is 2. The number of halogens is 1. The zero-order valence-corrected chi connectivity index (χ0v) is 9.21. The molecule has 0 amide bonds. The van der Waals surface area contributed by atoms with Gasteiger partial charge in [-0.3, -0.25) is 4.79 Å². The minimum absolute atomic E-state index is 0.0489. The predicted octanol–water partition coefficient (Wildman–Crippen LogP) is 2.67. The van der Waals surface area contributed by atoms with E-state index in [1.807, 2.05) is 0 Å². The molecule has 16 heavy (non-hydrogen) atoms. The Labute approximate surface area is 94.6 Å². The fraction of sp³-hybridized carbons (Fsp3) is 0.462. The summed E-state index contributed by atoms with van der Waals surface area (Å²) in [4.78, 5) is 12.2. The average Bonchev–Trinajstić information content (AvgIpc) is 2.30. The van der Waals surface area contributed by atoms with Gasteiger partial charge in [0.25, 0.3) is 0 Å². The van der Waals surface area contributed by atoms with Gasteiger partial charge in [-0.2, -0.15) is 0 Å². The lowest BCUT2D eigenvalue weighted by Gasteiger charge is -2.31. The van der Waals surface area contributed by atoms with E-state index in [9.17, 15) is 9.18 Å². The summed E-state index contributed by atoms with van der Waals surface area (Å²) in [6.07, 6.45) is 4.63. The minimum Gasteiger partial charge on any atom is -0.319 e. The van der Waals surface area contributed by atoms with Crippen LogP contribution in [0.15, 0.2) is 24.3 Å². The van der Waals surface area contributed by atoms with Crippen molar-refractivity contribution >= 4 is 5.78 Å². The second-order valence-corrected chi connectivity index (χ2v) is 4.55. The predicted molar refractivity (Wildman–Crippen MR) is 60.7 cm³/mol. The van der Waals surface area contributed by atoms with Crippen molar-refractivity contribution in [3.05, 3.63) is 35.6 Å². The molecule has 1 fully saturated rings. The Hall–Kier alpha value is -1.22. The number of hydrogen-bond acceptors (Lipinski definition) is 2. The van der Waals surface area contributed by atoms with Gasteiger partial charge in [0, 0.05) is 5.56 Å². The van der Waals surface area contributed by atoms with E-state index in [-0.39, 0.29) is 11.6 Å². The van der Waals surface area contributed by atoms with E-state index < -0.39 is 5.54 Å². The van der Waals surface area contributed by atoms with E-state index >= 15 is 0 Å². The summed E-state index contributed by atoms with van der Waals surface area (Å²) >= 11 is 0. The fourth-order valence-electron chi connectivity index (χ4n) is 2.30. The number of carbonyl (C=O) groups excluding carboxylic acids is 1. The van der Waals surface area contributed by atoms with Crippen molar-refractivity contribution in [2.24, 2.45) is 5.73 Å². The van der Waals surface area contributed by atoms with Crippen molar-refractivity contribution in [2.45, 2.75) is 37.6 Å². The lowest BCUT2D eigenvalue weighted by molar-refractivity contribution is 0.0848. The first-order chi connectivity index (χ1) is 7.62. The molecule has 2 nitrogen and oxygen atoms in total. The summed E-state index contributed by atoms with van der Waals surface area (Å²) < 4.78 is 12.7. The smallest absolute Gasteiger partial charge is 0.182 e. The highest BCUT2D eigenvalue weighted by Gasteiger charge is 2.35. The van der Waals surface area contributed by atoms with Crippen LogP contribution in [0, 0.1) is 5.82 Å². The Kier molecular flexibility index (Phi) is 3.06. The number of ketones is 1. The van der Waals surface area contributed by atoms with E-state index in [0.29, 0.717) is 5.56 Å². The maximum Gasteiger partial charge on any atom is 0.182 e.